The summed E-state index contributed by atoms with van der Waals surface area (Å²) in [5, 5.41) is 2.94. The van der Waals surface area contributed by atoms with Gasteiger partial charge in [0, 0.05) is 32.6 Å². The maximum absolute atomic E-state index is 13.0. The number of hydrogen-bond donors (Lipinski definition) is 1. The summed E-state index contributed by atoms with van der Waals surface area (Å²) in [6, 6.07) is 5.10. The average molecular weight is 396 g/mol. The van der Waals surface area contributed by atoms with Gasteiger partial charge >= 0.3 is 0 Å². The van der Waals surface area contributed by atoms with Crippen LogP contribution in [0.2, 0.25) is 0 Å². The summed E-state index contributed by atoms with van der Waals surface area (Å²) in [6.45, 7) is 5.32. The lowest BCUT2D eigenvalue weighted by Crippen LogP contribution is -2.40. The van der Waals surface area contributed by atoms with Crippen molar-refractivity contribution in [1.82, 2.24) is 4.31 Å². The lowest BCUT2D eigenvalue weighted by Gasteiger charge is -2.31. The van der Waals surface area contributed by atoms with E-state index in [1.807, 2.05) is 13.0 Å². The molecular weight excluding hydrogens is 366 g/mol. The van der Waals surface area contributed by atoms with Crippen LogP contribution in [0.5, 0.6) is 0 Å². The van der Waals surface area contributed by atoms with Gasteiger partial charge in [0.25, 0.3) is 0 Å². The molecule has 2 saturated heterocycles. The van der Waals surface area contributed by atoms with Crippen molar-refractivity contribution in [3.05, 3.63) is 18.2 Å². The van der Waals surface area contributed by atoms with Crippen LogP contribution in [0, 0.1) is 0 Å². The fourth-order valence-electron chi connectivity index (χ4n) is 3.56. The zero-order valence-corrected chi connectivity index (χ0v) is 16.8. The molecule has 2 aliphatic heterocycles. The standard InChI is InChI=1S/C19H29N3O4S/c1-2-6-19(23)20-17-15-16(27(24,25)22-11-13-26-14-12-22)7-8-18(17)21-9-4-3-5-10-21/h7-8,15H,2-6,9-14H2,1H3,(H,20,23). The zero-order chi connectivity index (χ0) is 19.3. The lowest BCUT2D eigenvalue weighted by atomic mass is 10.1. The van der Waals surface area contributed by atoms with Gasteiger partial charge in [-0.05, 0) is 43.9 Å². The molecule has 0 radical (unpaired) electrons. The summed E-state index contributed by atoms with van der Waals surface area (Å²) in [5.41, 5.74) is 1.49. The summed E-state index contributed by atoms with van der Waals surface area (Å²) < 4.78 is 32.7. The number of rotatable bonds is 6. The normalized spacial score (nSPS) is 19.1. The van der Waals surface area contributed by atoms with Crippen molar-refractivity contribution < 1.29 is 17.9 Å². The number of morpholine rings is 1. The summed E-state index contributed by atoms with van der Waals surface area (Å²) in [6.07, 6.45) is 4.58. The second kappa shape index (κ2) is 9.03. The minimum absolute atomic E-state index is 0.0864. The van der Waals surface area contributed by atoms with Crippen LogP contribution in [0.3, 0.4) is 0 Å². The molecule has 150 valence electrons. The highest BCUT2D eigenvalue weighted by atomic mass is 32.2. The van der Waals surface area contributed by atoms with Gasteiger partial charge in [-0.1, -0.05) is 6.92 Å². The smallest absolute Gasteiger partial charge is 0.243 e. The third-order valence-electron chi connectivity index (χ3n) is 5.02. The molecule has 0 atom stereocenters. The first kappa shape index (κ1) is 20.1. The van der Waals surface area contributed by atoms with E-state index in [4.69, 9.17) is 4.74 Å². The lowest BCUT2D eigenvalue weighted by molar-refractivity contribution is -0.116. The van der Waals surface area contributed by atoms with Gasteiger partial charge in [0.05, 0.1) is 29.5 Å². The Bertz CT molecular complexity index is 754. The van der Waals surface area contributed by atoms with Gasteiger partial charge < -0.3 is 15.0 Å². The number of carbonyl (C=O) groups excluding carboxylic acids is 1. The number of ether oxygens (including phenoxy) is 1. The molecule has 27 heavy (non-hydrogen) atoms. The molecule has 0 bridgehead atoms. The van der Waals surface area contributed by atoms with E-state index >= 15 is 0 Å². The number of benzene rings is 1. The summed E-state index contributed by atoms with van der Waals surface area (Å²) >= 11 is 0. The molecule has 1 aromatic rings. The second-order valence-corrected chi connectivity index (χ2v) is 8.98. The monoisotopic (exact) mass is 395 g/mol. The Hall–Kier alpha value is -1.64. The molecule has 3 rings (SSSR count). The van der Waals surface area contributed by atoms with Crippen LogP contribution in [-0.4, -0.2) is 58.0 Å². The summed E-state index contributed by atoms with van der Waals surface area (Å²) in [5.74, 6) is -0.0864. The number of amides is 1. The van der Waals surface area contributed by atoms with Gasteiger partial charge in [-0.15, -0.1) is 0 Å². The van der Waals surface area contributed by atoms with Crippen molar-refractivity contribution in [3.8, 4) is 0 Å². The fourth-order valence-corrected chi connectivity index (χ4v) is 5.00. The van der Waals surface area contributed by atoms with E-state index in [0.29, 0.717) is 38.4 Å². The summed E-state index contributed by atoms with van der Waals surface area (Å²) in [4.78, 5) is 14.7. The predicted molar refractivity (Wildman–Crippen MR) is 106 cm³/mol. The van der Waals surface area contributed by atoms with Crippen LogP contribution in [-0.2, 0) is 19.6 Å². The summed E-state index contributed by atoms with van der Waals surface area (Å²) in [7, 11) is -3.60. The molecule has 2 aliphatic rings. The van der Waals surface area contributed by atoms with Crippen molar-refractivity contribution >= 4 is 27.3 Å². The molecule has 1 N–H and O–H groups in total. The number of nitrogens with one attached hydrogen (secondary N) is 1. The van der Waals surface area contributed by atoms with E-state index in [1.165, 1.54) is 10.7 Å². The Balaban J connectivity index is 1.92. The van der Waals surface area contributed by atoms with Gasteiger partial charge in [0.1, 0.15) is 0 Å². The zero-order valence-electron chi connectivity index (χ0n) is 15.9. The molecule has 0 saturated carbocycles. The molecule has 2 fully saturated rings. The van der Waals surface area contributed by atoms with Crippen LogP contribution in [0.25, 0.3) is 0 Å². The average Bonchev–Trinajstić information content (AvgIpc) is 2.69. The SMILES string of the molecule is CCCC(=O)Nc1cc(S(=O)(=O)N2CCOCC2)ccc1N1CCCCC1. The molecule has 7 nitrogen and oxygen atoms in total. The van der Waals surface area contributed by atoms with Gasteiger partial charge in [-0.2, -0.15) is 4.31 Å². The number of carbonyl (C=O) groups is 1. The topological polar surface area (TPSA) is 79.0 Å². The highest BCUT2D eigenvalue weighted by molar-refractivity contribution is 7.89. The number of piperidine rings is 1. The van der Waals surface area contributed by atoms with Crippen LogP contribution in [0.1, 0.15) is 39.0 Å². The number of hydrogen-bond acceptors (Lipinski definition) is 5. The maximum atomic E-state index is 13.0. The van der Waals surface area contributed by atoms with Crippen molar-refractivity contribution in [2.45, 2.75) is 43.9 Å². The first-order chi connectivity index (χ1) is 13.0. The highest BCUT2D eigenvalue weighted by Crippen LogP contribution is 2.32. The molecule has 0 unspecified atom stereocenters. The largest absolute Gasteiger partial charge is 0.379 e. The Labute approximate surface area is 161 Å². The maximum Gasteiger partial charge on any atom is 0.243 e. The number of anilines is 2. The van der Waals surface area contributed by atoms with Gasteiger partial charge in [0.2, 0.25) is 15.9 Å². The van der Waals surface area contributed by atoms with E-state index in [2.05, 4.69) is 10.2 Å². The Morgan fingerprint density at radius 2 is 1.81 bits per heavy atom. The van der Waals surface area contributed by atoms with Crippen molar-refractivity contribution in [1.29, 1.82) is 0 Å². The molecule has 8 heteroatoms. The van der Waals surface area contributed by atoms with E-state index in [9.17, 15) is 13.2 Å². The van der Waals surface area contributed by atoms with E-state index < -0.39 is 10.0 Å². The van der Waals surface area contributed by atoms with Crippen molar-refractivity contribution in [2.24, 2.45) is 0 Å². The number of sulfonamides is 1. The highest BCUT2D eigenvalue weighted by Gasteiger charge is 2.28. The first-order valence-corrected chi connectivity index (χ1v) is 11.2. The van der Waals surface area contributed by atoms with E-state index in [-0.39, 0.29) is 10.8 Å². The molecule has 0 aromatic heterocycles. The van der Waals surface area contributed by atoms with Gasteiger partial charge in [0.15, 0.2) is 0 Å². The van der Waals surface area contributed by atoms with Crippen molar-refractivity contribution in [3.63, 3.8) is 0 Å². The van der Waals surface area contributed by atoms with Gasteiger partial charge in [-0.25, -0.2) is 8.42 Å². The van der Waals surface area contributed by atoms with Crippen molar-refractivity contribution in [2.75, 3.05) is 49.6 Å². The van der Waals surface area contributed by atoms with E-state index in [1.54, 1.807) is 12.1 Å². The third-order valence-corrected chi connectivity index (χ3v) is 6.92. The molecular formula is C19H29N3O4S. The van der Waals surface area contributed by atoms with Crippen LogP contribution in [0.4, 0.5) is 11.4 Å². The minimum Gasteiger partial charge on any atom is -0.379 e. The second-order valence-electron chi connectivity index (χ2n) is 7.04. The number of nitrogens with zero attached hydrogens (tertiary/aromatic N) is 2. The molecule has 0 spiro atoms. The third kappa shape index (κ3) is 4.80. The van der Waals surface area contributed by atoms with Crippen LogP contribution in [0.15, 0.2) is 23.1 Å². The Kier molecular flexibility index (Phi) is 6.73. The van der Waals surface area contributed by atoms with Crippen LogP contribution < -0.4 is 10.2 Å². The Morgan fingerprint density at radius 1 is 1.11 bits per heavy atom. The molecule has 0 aliphatic carbocycles. The minimum atomic E-state index is -3.60. The van der Waals surface area contributed by atoms with Crippen LogP contribution >= 0.6 is 0 Å². The Morgan fingerprint density at radius 3 is 2.48 bits per heavy atom. The van der Waals surface area contributed by atoms with Gasteiger partial charge in [-0.3, -0.25) is 4.79 Å². The molecule has 2 heterocycles. The quantitative estimate of drug-likeness (QED) is 0.800. The predicted octanol–water partition coefficient (Wildman–Crippen LogP) is 2.44. The fraction of sp³-hybridized carbons (Fsp3) is 0.632. The molecule has 1 amide bonds. The first-order valence-electron chi connectivity index (χ1n) is 9.79. The van der Waals surface area contributed by atoms with E-state index in [0.717, 1.165) is 38.0 Å². The molecule has 1 aromatic carbocycles.